The number of benzene rings is 1. The Hall–Kier alpha value is -1.29. The molecular weight excluding hydrogens is 250 g/mol. The molecule has 0 bridgehead atoms. The first kappa shape index (κ1) is 13.1. The van der Waals surface area contributed by atoms with Gasteiger partial charge in [-0.25, -0.2) is 0 Å². The van der Waals surface area contributed by atoms with Crippen LogP contribution in [0.1, 0.15) is 11.1 Å². The molecule has 0 unspecified atom stereocenters. The molecule has 1 aromatic carbocycles. The van der Waals surface area contributed by atoms with Crippen LogP contribution in [0.2, 0.25) is 5.02 Å². The van der Waals surface area contributed by atoms with Crippen LogP contribution < -0.4 is 5.32 Å². The number of nitrogens with one attached hydrogen (secondary N) is 1. The molecule has 1 N–H and O–H groups in total. The summed E-state index contributed by atoms with van der Waals surface area (Å²) in [6.45, 7) is 2.88. The van der Waals surface area contributed by atoms with Gasteiger partial charge in [-0.1, -0.05) is 23.7 Å². The van der Waals surface area contributed by atoms with Crippen molar-refractivity contribution in [3.05, 3.63) is 59.0 Å². The summed E-state index contributed by atoms with van der Waals surface area (Å²) in [7, 11) is 0. The number of hydrogen-bond acceptors (Lipinski definition) is 3. The molecule has 0 amide bonds. The Morgan fingerprint density at radius 3 is 2.94 bits per heavy atom. The normalized spacial score (nSPS) is 10.7. The highest BCUT2D eigenvalue weighted by molar-refractivity contribution is 6.30. The number of rotatable bonds is 7. The van der Waals surface area contributed by atoms with Crippen LogP contribution in [0.3, 0.4) is 0 Å². The fourth-order valence-corrected chi connectivity index (χ4v) is 1.80. The number of hydrogen-bond donors (Lipinski definition) is 1. The van der Waals surface area contributed by atoms with E-state index in [0.29, 0.717) is 13.2 Å². The molecule has 2 rings (SSSR count). The van der Waals surface area contributed by atoms with Crippen molar-refractivity contribution < 1.29 is 9.15 Å². The molecule has 0 aliphatic heterocycles. The lowest BCUT2D eigenvalue weighted by atomic mass is 10.2. The maximum absolute atomic E-state index is 5.89. The van der Waals surface area contributed by atoms with E-state index in [1.807, 2.05) is 30.3 Å². The second kappa shape index (κ2) is 7.21. The fraction of sp³-hybridized carbons (Fsp3) is 0.286. The van der Waals surface area contributed by atoms with Gasteiger partial charge in [0, 0.05) is 23.7 Å². The molecule has 0 saturated carbocycles. The van der Waals surface area contributed by atoms with Gasteiger partial charge in [-0.3, -0.25) is 0 Å². The molecule has 0 aliphatic rings. The Labute approximate surface area is 112 Å². The second-order valence-electron chi connectivity index (χ2n) is 3.99. The molecule has 0 saturated heterocycles. The van der Waals surface area contributed by atoms with E-state index in [2.05, 4.69) is 5.32 Å². The lowest BCUT2D eigenvalue weighted by Gasteiger charge is -2.05. The molecular formula is C14H16ClNO2. The van der Waals surface area contributed by atoms with E-state index in [4.69, 9.17) is 20.8 Å². The monoisotopic (exact) mass is 265 g/mol. The van der Waals surface area contributed by atoms with E-state index in [0.717, 1.165) is 29.2 Å². The Morgan fingerprint density at radius 1 is 1.22 bits per heavy atom. The summed E-state index contributed by atoms with van der Waals surface area (Å²) < 4.78 is 10.5. The van der Waals surface area contributed by atoms with Gasteiger partial charge < -0.3 is 14.5 Å². The summed E-state index contributed by atoms with van der Waals surface area (Å²) in [4.78, 5) is 0. The van der Waals surface area contributed by atoms with Crippen LogP contribution in [0.4, 0.5) is 0 Å². The van der Waals surface area contributed by atoms with E-state index in [1.165, 1.54) is 0 Å². The van der Waals surface area contributed by atoms with E-state index in [-0.39, 0.29) is 0 Å². The SMILES string of the molecule is Clc1cccc(COCCNCc2ccoc2)c1. The minimum Gasteiger partial charge on any atom is -0.472 e. The number of furan rings is 1. The molecule has 0 radical (unpaired) electrons. The van der Waals surface area contributed by atoms with Crippen molar-refractivity contribution in [2.24, 2.45) is 0 Å². The lowest BCUT2D eigenvalue weighted by molar-refractivity contribution is 0.122. The van der Waals surface area contributed by atoms with Crippen LogP contribution in [0, 0.1) is 0 Å². The van der Waals surface area contributed by atoms with Crippen molar-refractivity contribution in [1.82, 2.24) is 5.32 Å². The van der Waals surface area contributed by atoms with Gasteiger partial charge in [-0.05, 0) is 23.8 Å². The average Bonchev–Trinajstić information content (AvgIpc) is 2.87. The quantitative estimate of drug-likeness (QED) is 0.781. The zero-order chi connectivity index (χ0) is 12.6. The molecule has 96 valence electrons. The molecule has 1 heterocycles. The summed E-state index contributed by atoms with van der Waals surface area (Å²) in [5.74, 6) is 0. The van der Waals surface area contributed by atoms with Crippen molar-refractivity contribution in [3.63, 3.8) is 0 Å². The summed E-state index contributed by atoms with van der Waals surface area (Å²) in [5.41, 5.74) is 2.24. The average molecular weight is 266 g/mol. The first-order valence-corrected chi connectivity index (χ1v) is 6.26. The Kier molecular flexibility index (Phi) is 5.27. The van der Waals surface area contributed by atoms with Crippen LogP contribution in [0.5, 0.6) is 0 Å². The molecule has 18 heavy (non-hydrogen) atoms. The van der Waals surface area contributed by atoms with Gasteiger partial charge in [-0.15, -0.1) is 0 Å². The standard InChI is InChI=1S/C14H16ClNO2/c15-14-3-1-2-12(8-14)10-18-7-5-16-9-13-4-6-17-11-13/h1-4,6,8,11,16H,5,7,9-10H2. The third-order valence-corrected chi connectivity index (χ3v) is 2.73. The minimum atomic E-state index is 0.591. The van der Waals surface area contributed by atoms with Crippen LogP contribution in [0.25, 0.3) is 0 Å². The van der Waals surface area contributed by atoms with Crippen molar-refractivity contribution in [1.29, 1.82) is 0 Å². The first-order valence-electron chi connectivity index (χ1n) is 5.88. The van der Waals surface area contributed by atoms with E-state index in [9.17, 15) is 0 Å². The summed E-state index contributed by atoms with van der Waals surface area (Å²) in [6, 6.07) is 9.65. The maximum Gasteiger partial charge on any atom is 0.0947 e. The lowest BCUT2D eigenvalue weighted by Crippen LogP contribution is -2.18. The van der Waals surface area contributed by atoms with E-state index < -0.39 is 0 Å². The Bertz CT molecular complexity index is 457. The molecule has 1 aromatic heterocycles. The van der Waals surface area contributed by atoms with Crippen molar-refractivity contribution in [3.8, 4) is 0 Å². The summed E-state index contributed by atoms with van der Waals surface area (Å²) in [6.07, 6.45) is 3.41. The second-order valence-corrected chi connectivity index (χ2v) is 4.43. The highest BCUT2D eigenvalue weighted by Crippen LogP contribution is 2.11. The molecule has 4 heteroatoms. The van der Waals surface area contributed by atoms with E-state index in [1.54, 1.807) is 12.5 Å². The molecule has 3 nitrogen and oxygen atoms in total. The predicted octanol–water partition coefficient (Wildman–Crippen LogP) is 3.24. The first-order chi connectivity index (χ1) is 8.84. The molecule has 0 fully saturated rings. The van der Waals surface area contributed by atoms with Crippen LogP contribution in [-0.2, 0) is 17.9 Å². The van der Waals surface area contributed by atoms with Crippen LogP contribution in [0.15, 0.2) is 47.3 Å². The van der Waals surface area contributed by atoms with Gasteiger partial charge >= 0.3 is 0 Å². The highest BCUT2D eigenvalue weighted by Gasteiger charge is 1.96. The molecule has 0 spiro atoms. The third-order valence-electron chi connectivity index (χ3n) is 2.49. The number of ether oxygens (including phenoxy) is 1. The van der Waals surface area contributed by atoms with Crippen molar-refractivity contribution >= 4 is 11.6 Å². The summed E-state index contributed by atoms with van der Waals surface area (Å²) in [5, 5.41) is 4.02. The van der Waals surface area contributed by atoms with Crippen molar-refractivity contribution in [2.45, 2.75) is 13.2 Å². The molecule has 0 atom stereocenters. The van der Waals surface area contributed by atoms with Gasteiger partial charge in [0.25, 0.3) is 0 Å². The predicted molar refractivity (Wildman–Crippen MR) is 71.5 cm³/mol. The zero-order valence-electron chi connectivity index (χ0n) is 10.1. The topological polar surface area (TPSA) is 34.4 Å². The van der Waals surface area contributed by atoms with Gasteiger partial charge in [0.1, 0.15) is 0 Å². The smallest absolute Gasteiger partial charge is 0.0947 e. The molecule has 0 aliphatic carbocycles. The largest absolute Gasteiger partial charge is 0.472 e. The van der Waals surface area contributed by atoms with Gasteiger partial charge in [0.15, 0.2) is 0 Å². The van der Waals surface area contributed by atoms with Gasteiger partial charge in [0.2, 0.25) is 0 Å². The van der Waals surface area contributed by atoms with Gasteiger partial charge in [-0.2, -0.15) is 0 Å². The Morgan fingerprint density at radius 2 is 2.17 bits per heavy atom. The third kappa shape index (κ3) is 4.53. The van der Waals surface area contributed by atoms with E-state index >= 15 is 0 Å². The molecule has 2 aromatic rings. The minimum absolute atomic E-state index is 0.591. The Balaban J connectivity index is 1.56. The summed E-state index contributed by atoms with van der Waals surface area (Å²) >= 11 is 5.89. The highest BCUT2D eigenvalue weighted by atomic mass is 35.5. The van der Waals surface area contributed by atoms with Crippen molar-refractivity contribution in [2.75, 3.05) is 13.2 Å². The zero-order valence-corrected chi connectivity index (χ0v) is 10.8. The van der Waals surface area contributed by atoms with Crippen LogP contribution in [-0.4, -0.2) is 13.2 Å². The van der Waals surface area contributed by atoms with Crippen LogP contribution >= 0.6 is 11.6 Å². The maximum atomic E-state index is 5.89. The fourth-order valence-electron chi connectivity index (χ4n) is 1.59. The number of halogens is 1. The van der Waals surface area contributed by atoms with Gasteiger partial charge in [0.05, 0.1) is 25.7 Å².